The Labute approximate surface area is 181 Å². The number of hydrogen-bond acceptors (Lipinski definition) is 5. The van der Waals surface area contributed by atoms with Crippen LogP contribution >= 0.6 is 0 Å². The van der Waals surface area contributed by atoms with Crippen molar-refractivity contribution in [3.8, 4) is 17.2 Å². The molecule has 2 aliphatic carbocycles. The van der Waals surface area contributed by atoms with Crippen LogP contribution < -0.4 is 14.8 Å². The van der Waals surface area contributed by atoms with Crippen molar-refractivity contribution in [1.29, 1.82) is 0 Å². The van der Waals surface area contributed by atoms with Crippen LogP contribution in [0.5, 0.6) is 17.2 Å². The molecule has 2 heterocycles. The molecule has 160 valence electrons. The van der Waals surface area contributed by atoms with Crippen molar-refractivity contribution in [2.24, 2.45) is 5.92 Å². The van der Waals surface area contributed by atoms with Crippen LogP contribution in [0.25, 0.3) is 0 Å². The lowest BCUT2D eigenvalue weighted by atomic mass is 9.53. The lowest BCUT2D eigenvalue weighted by molar-refractivity contribution is -0.00855. The maximum absolute atomic E-state index is 13.1. The van der Waals surface area contributed by atoms with E-state index in [0.717, 1.165) is 24.9 Å². The van der Waals surface area contributed by atoms with Crippen molar-refractivity contribution in [1.82, 2.24) is 10.2 Å². The highest BCUT2D eigenvalue weighted by atomic mass is 16.5. The Morgan fingerprint density at radius 3 is 3.00 bits per heavy atom. The molecule has 0 aromatic heterocycles. The first-order valence-corrected chi connectivity index (χ1v) is 10.9. The molecule has 1 spiro atoms. The summed E-state index contributed by atoms with van der Waals surface area (Å²) in [5.41, 5.74) is 2.75. The number of phenolic OH excluding ortho intramolecular Hbond substituents is 1. The molecule has 31 heavy (non-hydrogen) atoms. The fourth-order valence-corrected chi connectivity index (χ4v) is 6.39. The molecule has 1 saturated heterocycles. The smallest absolute Gasteiger partial charge is 0.252 e. The maximum atomic E-state index is 13.1. The van der Waals surface area contributed by atoms with Gasteiger partial charge in [-0.1, -0.05) is 24.3 Å². The first kappa shape index (κ1) is 18.8. The van der Waals surface area contributed by atoms with Gasteiger partial charge in [0.05, 0.1) is 13.2 Å². The lowest BCUT2D eigenvalue weighted by Crippen LogP contribution is -2.66. The van der Waals surface area contributed by atoms with Crippen LogP contribution in [0.4, 0.5) is 0 Å². The quantitative estimate of drug-likeness (QED) is 0.750. The molecule has 2 aliphatic heterocycles. The summed E-state index contributed by atoms with van der Waals surface area (Å²) in [4.78, 5) is 15.5. The van der Waals surface area contributed by atoms with E-state index in [4.69, 9.17) is 9.47 Å². The molecule has 6 nitrogen and oxygen atoms in total. The zero-order valence-corrected chi connectivity index (χ0v) is 17.7. The molecule has 6 heteroatoms. The number of phenols is 1. The van der Waals surface area contributed by atoms with Gasteiger partial charge in [-0.25, -0.2) is 0 Å². The molecule has 2 bridgehead atoms. The number of nitrogens with zero attached hydrogens (tertiary/aromatic N) is 1. The molecule has 2 aromatic rings. The summed E-state index contributed by atoms with van der Waals surface area (Å²) in [5.74, 6) is 1.59. The van der Waals surface area contributed by atoms with Gasteiger partial charge in [0.25, 0.3) is 5.91 Å². The summed E-state index contributed by atoms with van der Waals surface area (Å²) in [6.45, 7) is 0.972. The summed E-state index contributed by atoms with van der Waals surface area (Å²) in [5, 5.41) is 13.8. The van der Waals surface area contributed by atoms with Crippen molar-refractivity contribution in [3.05, 3.63) is 65.2 Å². The molecule has 1 fully saturated rings. The SMILES string of the molecule is COc1cccc(C(=O)NC2C=CC3C4Cc5ccc(O)c6c5C3(CCN4C)C2O6)c1. The van der Waals surface area contributed by atoms with Gasteiger partial charge in [-0.15, -0.1) is 0 Å². The van der Waals surface area contributed by atoms with Gasteiger partial charge in [0, 0.05) is 28.5 Å². The number of aromatic hydroxyl groups is 1. The second kappa shape index (κ2) is 6.50. The second-order valence-corrected chi connectivity index (χ2v) is 9.17. The van der Waals surface area contributed by atoms with Crippen LogP contribution in [-0.4, -0.2) is 54.8 Å². The number of carbonyl (C=O) groups excluding carboxylic acids is 1. The van der Waals surface area contributed by atoms with Gasteiger partial charge in [0.2, 0.25) is 0 Å². The Balaban J connectivity index is 1.41. The fourth-order valence-electron chi connectivity index (χ4n) is 6.39. The van der Waals surface area contributed by atoms with Crippen molar-refractivity contribution in [2.45, 2.75) is 36.4 Å². The number of nitrogens with one attached hydrogen (secondary N) is 1. The van der Waals surface area contributed by atoms with Crippen LogP contribution in [-0.2, 0) is 11.8 Å². The number of likely N-dealkylation sites (tertiary alicyclic amines) is 1. The van der Waals surface area contributed by atoms with Crippen LogP contribution in [0.2, 0.25) is 0 Å². The molecular weight excluding hydrogens is 392 g/mol. The maximum Gasteiger partial charge on any atom is 0.252 e. The van der Waals surface area contributed by atoms with Crippen molar-refractivity contribution in [2.75, 3.05) is 20.7 Å². The van der Waals surface area contributed by atoms with Gasteiger partial charge >= 0.3 is 0 Å². The average molecular weight is 418 g/mol. The standard InChI is InChI=1S/C25H26N2O4/c1-27-11-10-25-17-7-8-18(26-24(29)15-4-3-5-16(12-15)30-2)23(25)31-22-20(28)9-6-14(21(22)25)13-19(17)27/h3-9,12,17-19,23,28H,10-11,13H2,1-2H3,(H,26,29). The van der Waals surface area contributed by atoms with E-state index in [2.05, 4.69) is 29.4 Å². The minimum absolute atomic E-state index is 0.160. The molecule has 2 aromatic carbocycles. The highest BCUT2D eigenvalue weighted by Gasteiger charge is 2.64. The minimum Gasteiger partial charge on any atom is -0.504 e. The van der Waals surface area contributed by atoms with Crippen molar-refractivity contribution < 1.29 is 19.4 Å². The zero-order valence-electron chi connectivity index (χ0n) is 17.7. The van der Waals surface area contributed by atoms with E-state index < -0.39 is 0 Å². The first-order chi connectivity index (χ1) is 15.0. The number of carbonyl (C=O) groups is 1. The van der Waals surface area contributed by atoms with E-state index in [9.17, 15) is 9.90 Å². The monoisotopic (exact) mass is 418 g/mol. The van der Waals surface area contributed by atoms with Gasteiger partial charge < -0.3 is 24.8 Å². The predicted octanol–water partition coefficient (Wildman–Crippen LogP) is 2.64. The van der Waals surface area contributed by atoms with Gasteiger partial charge in [0.15, 0.2) is 11.5 Å². The summed E-state index contributed by atoms with van der Waals surface area (Å²) in [6, 6.07) is 11.1. The van der Waals surface area contributed by atoms with Crippen LogP contribution in [0, 0.1) is 5.92 Å². The molecule has 2 N–H and O–H groups in total. The summed E-state index contributed by atoms with van der Waals surface area (Å²) < 4.78 is 11.7. The molecule has 1 amide bonds. The number of likely N-dealkylation sites (N-methyl/N-ethyl adjacent to an activating group) is 1. The van der Waals surface area contributed by atoms with Gasteiger partial charge in [0.1, 0.15) is 11.9 Å². The van der Waals surface area contributed by atoms with Crippen molar-refractivity contribution >= 4 is 5.91 Å². The lowest BCUT2D eigenvalue weighted by Gasteiger charge is -2.57. The Kier molecular flexibility index (Phi) is 3.93. The summed E-state index contributed by atoms with van der Waals surface area (Å²) >= 11 is 0. The summed E-state index contributed by atoms with van der Waals surface area (Å²) in [7, 11) is 3.78. The Morgan fingerprint density at radius 2 is 2.16 bits per heavy atom. The Morgan fingerprint density at radius 1 is 1.29 bits per heavy atom. The number of hydrogen-bond donors (Lipinski definition) is 2. The number of methoxy groups -OCH3 is 1. The van der Waals surface area contributed by atoms with E-state index in [1.165, 1.54) is 5.56 Å². The normalized spacial score (nSPS) is 32.2. The largest absolute Gasteiger partial charge is 0.504 e. The second-order valence-electron chi connectivity index (χ2n) is 9.17. The third-order valence-corrected chi connectivity index (χ3v) is 7.81. The number of piperidine rings is 1. The van der Waals surface area contributed by atoms with E-state index in [1.807, 2.05) is 18.2 Å². The zero-order chi connectivity index (χ0) is 21.3. The topological polar surface area (TPSA) is 71.0 Å². The van der Waals surface area contributed by atoms with Gasteiger partial charge in [-0.05, 0) is 56.3 Å². The molecule has 5 atom stereocenters. The van der Waals surface area contributed by atoms with Gasteiger partial charge in [-0.2, -0.15) is 0 Å². The van der Waals surface area contributed by atoms with E-state index >= 15 is 0 Å². The molecule has 0 radical (unpaired) electrons. The Hall–Kier alpha value is -2.99. The van der Waals surface area contributed by atoms with E-state index in [-0.39, 0.29) is 29.2 Å². The minimum atomic E-state index is -0.281. The number of amides is 1. The van der Waals surface area contributed by atoms with E-state index in [1.54, 1.807) is 25.3 Å². The first-order valence-electron chi connectivity index (χ1n) is 10.9. The number of ether oxygens (including phenoxy) is 2. The fraction of sp³-hybridized carbons (Fsp3) is 0.400. The summed E-state index contributed by atoms with van der Waals surface area (Å²) in [6.07, 6.45) is 6.02. The van der Waals surface area contributed by atoms with Crippen LogP contribution in [0.15, 0.2) is 48.6 Å². The highest BCUT2D eigenvalue weighted by Crippen LogP contribution is 2.62. The average Bonchev–Trinajstić information content (AvgIpc) is 3.14. The third kappa shape index (κ3) is 2.45. The molecular formula is C25H26N2O4. The molecule has 0 saturated carbocycles. The van der Waals surface area contributed by atoms with Crippen LogP contribution in [0.1, 0.15) is 27.9 Å². The van der Waals surface area contributed by atoms with E-state index in [0.29, 0.717) is 29.0 Å². The molecule has 5 unspecified atom stereocenters. The van der Waals surface area contributed by atoms with Gasteiger partial charge in [-0.3, -0.25) is 4.79 Å². The highest BCUT2D eigenvalue weighted by molar-refractivity contribution is 5.95. The number of benzene rings is 2. The molecule has 6 rings (SSSR count). The van der Waals surface area contributed by atoms with Crippen molar-refractivity contribution in [3.63, 3.8) is 0 Å². The Bertz CT molecular complexity index is 1110. The number of rotatable bonds is 3. The third-order valence-electron chi connectivity index (χ3n) is 7.81. The van der Waals surface area contributed by atoms with Crippen LogP contribution in [0.3, 0.4) is 0 Å². The predicted molar refractivity (Wildman–Crippen MR) is 116 cm³/mol. The molecule has 4 aliphatic rings.